The highest BCUT2D eigenvalue weighted by molar-refractivity contribution is 7.99. The molecule has 0 saturated heterocycles. The third-order valence-corrected chi connectivity index (χ3v) is 6.54. The predicted molar refractivity (Wildman–Crippen MR) is 119 cm³/mol. The van der Waals surface area contributed by atoms with Gasteiger partial charge in [-0.25, -0.2) is 0 Å². The SMILES string of the molecule is Cc1ccccc1Nc1nc(N)nc(CSCC(=O)N[C@H]2CCC[C@H](C)[C@@H]2C)n1. The van der Waals surface area contributed by atoms with Crippen molar-refractivity contribution in [3.8, 4) is 0 Å². The van der Waals surface area contributed by atoms with Gasteiger partial charge in [0.05, 0.1) is 11.5 Å². The van der Waals surface area contributed by atoms with Crippen molar-refractivity contribution in [2.75, 3.05) is 16.8 Å². The van der Waals surface area contributed by atoms with E-state index in [0.29, 0.717) is 35.1 Å². The Labute approximate surface area is 176 Å². The van der Waals surface area contributed by atoms with Crippen LogP contribution in [0.4, 0.5) is 17.6 Å². The molecule has 29 heavy (non-hydrogen) atoms. The fraction of sp³-hybridized carbons (Fsp3) is 0.524. The molecule has 1 aliphatic rings. The summed E-state index contributed by atoms with van der Waals surface area (Å²) in [5.41, 5.74) is 7.86. The number of amides is 1. The lowest BCUT2D eigenvalue weighted by atomic mass is 9.78. The van der Waals surface area contributed by atoms with Crippen LogP contribution in [0.15, 0.2) is 24.3 Å². The number of nitrogens with one attached hydrogen (secondary N) is 2. The van der Waals surface area contributed by atoms with Gasteiger partial charge in [0.1, 0.15) is 5.82 Å². The standard InChI is InChI=1S/C21H30N6OS/c1-13-8-6-10-17(15(13)3)23-19(28)12-29-11-18-25-20(22)27-21(26-18)24-16-9-5-4-7-14(16)2/h4-5,7,9,13,15,17H,6,8,10-12H2,1-3H3,(H,23,28)(H3,22,24,25,26,27)/t13-,15-,17-/m0/s1. The van der Waals surface area contributed by atoms with Gasteiger partial charge in [0.15, 0.2) is 0 Å². The summed E-state index contributed by atoms with van der Waals surface area (Å²) in [6, 6.07) is 8.18. The van der Waals surface area contributed by atoms with E-state index in [1.807, 2.05) is 31.2 Å². The van der Waals surface area contributed by atoms with E-state index in [9.17, 15) is 4.79 Å². The number of carbonyl (C=O) groups excluding carboxylic acids is 1. The summed E-state index contributed by atoms with van der Waals surface area (Å²) in [4.78, 5) is 25.1. The first kappa shape index (κ1) is 21.4. The molecule has 1 saturated carbocycles. The molecule has 7 nitrogen and oxygen atoms in total. The fourth-order valence-corrected chi connectivity index (χ4v) is 4.34. The smallest absolute Gasteiger partial charge is 0.232 e. The molecule has 4 N–H and O–H groups in total. The van der Waals surface area contributed by atoms with E-state index in [-0.39, 0.29) is 17.9 Å². The second kappa shape index (κ2) is 9.91. The minimum Gasteiger partial charge on any atom is -0.368 e. The highest BCUT2D eigenvalue weighted by atomic mass is 32.2. The van der Waals surface area contributed by atoms with Crippen molar-refractivity contribution in [1.82, 2.24) is 20.3 Å². The maximum absolute atomic E-state index is 12.3. The predicted octanol–water partition coefficient (Wildman–Crippen LogP) is 3.68. The Morgan fingerprint density at radius 3 is 2.79 bits per heavy atom. The number of rotatable bonds is 7. The second-order valence-electron chi connectivity index (χ2n) is 7.81. The van der Waals surface area contributed by atoms with E-state index in [2.05, 4.69) is 39.4 Å². The van der Waals surface area contributed by atoms with Crippen LogP contribution in [0.3, 0.4) is 0 Å². The van der Waals surface area contributed by atoms with Crippen LogP contribution >= 0.6 is 11.8 Å². The molecular formula is C21H30N6OS. The molecule has 1 fully saturated rings. The Morgan fingerprint density at radius 2 is 2.00 bits per heavy atom. The summed E-state index contributed by atoms with van der Waals surface area (Å²) in [7, 11) is 0. The third-order valence-electron chi connectivity index (χ3n) is 5.61. The van der Waals surface area contributed by atoms with Gasteiger partial charge in [-0.05, 0) is 36.8 Å². The van der Waals surface area contributed by atoms with E-state index < -0.39 is 0 Å². The number of thioether (sulfide) groups is 1. The number of benzene rings is 1. The monoisotopic (exact) mass is 414 g/mol. The molecule has 8 heteroatoms. The number of hydrogen-bond acceptors (Lipinski definition) is 7. The lowest BCUT2D eigenvalue weighted by molar-refractivity contribution is -0.119. The van der Waals surface area contributed by atoms with Crippen molar-refractivity contribution in [1.29, 1.82) is 0 Å². The van der Waals surface area contributed by atoms with Crippen molar-refractivity contribution in [3.05, 3.63) is 35.7 Å². The van der Waals surface area contributed by atoms with Crippen molar-refractivity contribution >= 4 is 35.3 Å². The molecule has 1 aliphatic carbocycles. The molecule has 3 rings (SSSR count). The topological polar surface area (TPSA) is 106 Å². The molecule has 1 amide bonds. The summed E-state index contributed by atoms with van der Waals surface area (Å²) in [6.45, 7) is 6.51. The Morgan fingerprint density at radius 1 is 1.21 bits per heavy atom. The molecule has 1 aromatic carbocycles. The van der Waals surface area contributed by atoms with Gasteiger partial charge in [-0.2, -0.15) is 15.0 Å². The van der Waals surface area contributed by atoms with Gasteiger partial charge in [-0.3, -0.25) is 4.79 Å². The summed E-state index contributed by atoms with van der Waals surface area (Å²) >= 11 is 1.48. The van der Waals surface area contributed by atoms with Gasteiger partial charge in [-0.15, -0.1) is 11.8 Å². The normalized spacial score (nSPS) is 21.6. The summed E-state index contributed by atoms with van der Waals surface area (Å²) in [5.74, 6) is 3.28. The number of para-hydroxylation sites is 1. The first-order valence-electron chi connectivity index (χ1n) is 10.1. The molecule has 0 radical (unpaired) electrons. The minimum atomic E-state index is 0.0706. The van der Waals surface area contributed by atoms with E-state index in [1.54, 1.807) is 0 Å². The number of nitrogen functional groups attached to an aromatic ring is 1. The molecule has 0 bridgehead atoms. The van der Waals surface area contributed by atoms with E-state index in [1.165, 1.54) is 24.6 Å². The molecule has 3 atom stereocenters. The third kappa shape index (κ3) is 6.06. The number of nitrogens with zero attached hydrogens (tertiary/aromatic N) is 3. The lowest BCUT2D eigenvalue weighted by Gasteiger charge is -2.34. The minimum absolute atomic E-state index is 0.0706. The molecule has 2 aromatic rings. The van der Waals surface area contributed by atoms with Crippen LogP contribution in [0.25, 0.3) is 0 Å². The first-order chi connectivity index (χ1) is 13.9. The number of aryl methyl sites for hydroxylation is 1. The molecule has 1 aromatic heterocycles. The maximum atomic E-state index is 12.3. The number of aromatic nitrogens is 3. The average Bonchev–Trinajstić information content (AvgIpc) is 2.67. The summed E-state index contributed by atoms with van der Waals surface area (Å²) < 4.78 is 0. The second-order valence-corrected chi connectivity index (χ2v) is 8.79. The van der Waals surface area contributed by atoms with E-state index in [4.69, 9.17) is 5.73 Å². The van der Waals surface area contributed by atoms with Gasteiger partial charge in [0.25, 0.3) is 0 Å². The zero-order chi connectivity index (χ0) is 20.8. The van der Waals surface area contributed by atoms with Crippen molar-refractivity contribution in [2.24, 2.45) is 11.8 Å². The highest BCUT2D eigenvalue weighted by Crippen LogP contribution is 2.29. The van der Waals surface area contributed by atoms with Crippen molar-refractivity contribution in [2.45, 2.75) is 51.8 Å². The van der Waals surface area contributed by atoms with E-state index in [0.717, 1.165) is 17.7 Å². The van der Waals surface area contributed by atoms with Crippen LogP contribution in [-0.2, 0) is 10.5 Å². The summed E-state index contributed by atoms with van der Waals surface area (Å²) in [6.07, 6.45) is 3.51. The van der Waals surface area contributed by atoms with E-state index >= 15 is 0 Å². The van der Waals surface area contributed by atoms with Crippen molar-refractivity contribution in [3.63, 3.8) is 0 Å². The zero-order valence-electron chi connectivity index (χ0n) is 17.3. The van der Waals surface area contributed by atoms with Gasteiger partial charge in [-0.1, -0.05) is 44.9 Å². The lowest BCUT2D eigenvalue weighted by Crippen LogP contribution is -2.44. The largest absolute Gasteiger partial charge is 0.368 e. The Kier molecular flexibility index (Phi) is 7.30. The molecular weight excluding hydrogens is 384 g/mol. The quantitative estimate of drug-likeness (QED) is 0.634. The van der Waals surface area contributed by atoms with Gasteiger partial charge >= 0.3 is 0 Å². The molecule has 0 unspecified atom stereocenters. The molecule has 156 valence electrons. The Balaban J connectivity index is 1.52. The van der Waals surface area contributed by atoms with Gasteiger partial charge in [0.2, 0.25) is 17.8 Å². The highest BCUT2D eigenvalue weighted by Gasteiger charge is 2.27. The van der Waals surface area contributed by atoms with Crippen LogP contribution in [-0.4, -0.2) is 32.7 Å². The molecule has 0 aliphatic heterocycles. The molecule has 1 heterocycles. The van der Waals surface area contributed by atoms with Crippen LogP contribution in [0.5, 0.6) is 0 Å². The van der Waals surface area contributed by atoms with Gasteiger partial charge in [0, 0.05) is 11.7 Å². The average molecular weight is 415 g/mol. The Hall–Kier alpha value is -2.35. The number of carbonyl (C=O) groups is 1. The zero-order valence-corrected chi connectivity index (χ0v) is 18.1. The van der Waals surface area contributed by atoms with Crippen LogP contribution in [0.1, 0.15) is 44.5 Å². The molecule has 0 spiro atoms. The Bertz CT molecular complexity index is 846. The fourth-order valence-electron chi connectivity index (χ4n) is 3.66. The van der Waals surface area contributed by atoms with Crippen LogP contribution in [0, 0.1) is 18.8 Å². The van der Waals surface area contributed by atoms with Gasteiger partial charge < -0.3 is 16.4 Å². The maximum Gasteiger partial charge on any atom is 0.232 e. The van der Waals surface area contributed by atoms with Crippen LogP contribution < -0.4 is 16.4 Å². The van der Waals surface area contributed by atoms with Crippen LogP contribution in [0.2, 0.25) is 0 Å². The number of hydrogen-bond donors (Lipinski definition) is 3. The number of nitrogens with two attached hydrogens (primary N) is 1. The number of anilines is 3. The first-order valence-corrected chi connectivity index (χ1v) is 11.3. The van der Waals surface area contributed by atoms with Crippen molar-refractivity contribution < 1.29 is 4.79 Å². The summed E-state index contributed by atoms with van der Waals surface area (Å²) in [5, 5.41) is 6.38.